The molecule has 1 aliphatic rings. The van der Waals surface area contributed by atoms with Crippen LogP contribution in [0.4, 0.5) is 0 Å². The summed E-state index contributed by atoms with van der Waals surface area (Å²) in [6.45, 7) is 1.93. The molecule has 1 aromatic heterocycles. The molecular formula is C12H21N3O. The van der Waals surface area contributed by atoms with E-state index < -0.39 is 0 Å². The molecule has 0 saturated heterocycles. The second kappa shape index (κ2) is 6.01. The molecule has 2 N–H and O–H groups in total. The van der Waals surface area contributed by atoms with Crippen molar-refractivity contribution < 1.29 is 4.52 Å². The average molecular weight is 223 g/mol. The van der Waals surface area contributed by atoms with Gasteiger partial charge >= 0.3 is 0 Å². The Morgan fingerprint density at radius 2 is 2.31 bits per heavy atom. The predicted molar refractivity (Wildman–Crippen MR) is 63.2 cm³/mol. The highest BCUT2D eigenvalue weighted by atomic mass is 16.5. The van der Waals surface area contributed by atoms with Crippen molar-refractivity contribution in [3.8, 4) is 0 Å². The maximum Gasteiger partial charge on any atom is 0.137 e. The molecule has 0 unspecified atom stereocenters. The van der Waals surface area contributed by atoms with Gasteiger partial charge in [-0.25, -0.2) is 0 Å². The molecule has 0 bridgehead atoms. The lowest BCUT2D eigenvalue weighted by molar-refractivity contribution is 0.372. The molecule has 0 atom stereocenters. The number of hydrogen-bond acceptors (Lipinski definition) is 4. The Bertz CT molecular complexity index is 307. The molecule has 1 aliphatic carbocycles. The monoisotopic (exact) mass is 223 g/mol. The molecule has 1 heterocycles. The van der Waals surface area contributed by atoms with Gasteiger partial charge in [-0.2, -0.15) is 0 Å². The van der Waals surface area contributed by atoms with Crippen molar-refractivity contribution in [2.24, 2.45) is 0 Å². The summed E-state index contributed by atoms with van der Waals surface area (Å²) in [5, 5.41) is 10.6. The van der Waals surface area contributed by atoms with Crippen LogP contribution in [-0.2, 0) is 13.0 Å². The van der Waals surface area contributed by atoms with Crippen molar-refractivity contribution in [3.63, 3.8) is 0 Å². The van der Waals surface area contributed by atoms with E-state index in [9.17, 15) is 0 Å². The van der Waals surface area contributed by atoms with Gasteiger partial charge in [-0.05, 0) is 39.3 Å². The molecule has 4 nitrogen and oxygen atoms in total. The minimum Gasteiger partial charge on any atom is -0.361 e. The van der Waals surface area contributed by atoms with Crippen LogP contribution in [0.5, 0.6) is 0 Å². The summed E-state index contributed by atoms with van der Waals surface area (Å²) in [6.07, 6.45) is 6.14. The van der Waals surface area contributed by atoms with Crippen LogP contribution in [0.2, 0.25) is 0 Å². The lowest BCUT2D eigenvalue weighted by atomic mass is 10.2. The highest BCUT2D eigenvalue weighted by Crippen LogP contribution is 2.18. The second-order valence-electron chi connectivity index (χ2n) is 4.50. The third-order valence-corrected chi connectivity index (χ3v) is 2.83. The maximum atomic E-state index is 5.25. The quantitative estimate of drug-likeness (QED) is 0.655. The number of aryl methyl sites for hydroxylation is 1. The SMILES string of the molecule is CNCc1cc(CCCCNC2CC2)on1. The summed E-state index contributed by atoms with van der Waals surface area (Å²) < 4.78 is 5.25. The maximum absolute atomic E-state index is 5.25. The van der Waals surface area contributed by atoms with Gasteiger partial charge in [-0.1, -0.05) is 5.16 Å². The number of nitrogens with zero attached hydrogens (tertiary/aromatic N) is 1. The Hall–Kier alpha value is -0.870. The van der Waals surface area contributed by atoms with Crippen molar-refractivity contribution in [1.82, 2.24) is 15.8 Å². The zero-order valence-electron chi connectivity index (χ0n) is 9.96. The normalized spacial score (nSPS) is 15.6. The molecule has 0 radical (unpaired) electrons. The number of nitrogens with one attached hydrogen (secondary N) is 2. The molecule has 1 aromatic rings. The zero-order valence-corrected chi connectivity index (χ0v) is 9.96. The van der Waals surface area contributed by atoms with E-state index in [2.05, 4.69) is 15.8 Å². The topological polar surface area (TPSA) is 50.1 Å². The molecule has 0 amide bonds. The van der Waals surface area contributed by atoms with Crippen molar-refractivity contribution in [2.45, 2.75) is 44.7 Å². The second-order valence-corrected chi connectivity index (χ2v) is 4.50. The van der Waals surface area contributed by atoms with Gasteiger partial charge in [0.15, 0.2) is 0 Å². The smallest absolute Gasteiger partial charge is 0.137 e. The van der Waals surface area contributed by atoms with E-state index in [-0.39, 0.29) is 0 Å². The van der Waals surface area contributed by atoms with Gasteiger partial charge < -0.3 is 15.2 Å². The highest BCUT2D eigenvalue weighted by molar-refractivity contribution is 5.05. The van der Waals surface area contributed by atoms with Crippen LogP contribution >= 0.6 is 0 Å². The van der Waals surface area contributed by atoms with Crippen LogP contribution in [0.15, 0.2) is 10.6 Å². The fourth-order valence-corrected chi connectivity index (χ4v) is 1.76. The standard InChI is InChI=1S/C12H21N3O/c1-13-9-11-8-12(16-15-11)4-2-3-7-14-10-5-6-10/h8,10,13-14H,2-7,9H2,1H3. The van der Waals surface area contributed by atoms with Crippen LogP contribution in [0.25, 0.3) is 0 Å². The van der Waals surface area contributed by atoms with Gasteiger partial charge in [0.05, 0.1) is 5.69 Å². The highest BCUT2D eigenvalue weighted by Gasteiger charge is 2.19. The van der Waals surface area contributed by atoms with Gasteiger partial charge in [-0.3, -0.25) is 0 Å². The molecule has 1 saturated carbocycles. The van der Waals surface area contributed by atoms with E-state index in [1.54, 1.807) is 0 Å². The molecule has 4 heteroatoms. The van der Waals surface area contributed by atoms with E-state index in [1.807, 2.05) is 13.1 Å². The third kappa shape index (κ3) is 3.94. The largest absolute Gasteiger partial charge is 0.361 e. The predicted octanol–water partition coefficient (Wildman–Crippen LogP) is 1.47. The summed E-state index contributed by atoms with van der Waals surface area (Å²) >= 11 is 0. The molecule has 2 rings (SSSR count). The summed E-state index contributed by atoms with van der Waals surface area (Å²) in [5.74, 6) is 1.01. The van der Waals surface area contributed by atoms with Gasteiger partial charge in [0.25, 0.3) is 0 Å². The van der Waals surface area contributed by atoms with E-state index in [0.29, 0.717) is 0 Å². The van der Waals surface area contributed by atoms with E-state index in [1.165, 1.54) is 25.7 Å². The van der Waals surface area contributed by atoms with Crippen molar-refractivity contribution in [3.05, 3.63) is 17.5 Å². The van der Waals surface area contributed by atoms with Gasteiger partial charge in [0.2, 0.25) is 0 Å². The summed E-state index contributed by atoms with van der Waals surface area (Å²) in [4.78, 5) is 0. The molecule has 16 heavy (non-hydrogen) atoms. The van der Waals surface area contributed by atoms with Crippen molar-refractivity contribution >= 4 is 0 Å². The van der Waals surface area contributed by atoms with Crippen LogP contribution in [-0.4, -0.2) is 24.8 Å². The van der Waals surface area contributed by atoms with Gasteiger partial charge in [-0.15, -0.1) is 0 Å². The Morgan fingerprint density at radius 1 is 1.44 bits per heavy atom. The van der Waals surface area contributed by atoms with E-state index >= 15 is 0 Å². The first-order valence-corrected chi connectivity index (χ1v) is 6.21. The van der Waals surface area contributed by atoms with Gasteiger partial charge in [0.1, 0.15) is 5.76 Å². The first-order valence-electron chi connectivity index (χ1n) is 6.21. The molecular weight excluding hydrogens is 202 g/mol. The first kappa shape index (κ1) is 11.6. The minimum atomic E-state index is 0.784. The van der Waals surface area contributed by atoms with E-state index in [4.69, 9.17) is 4.52 Å². The Balaban J connectivity index is 1.56. The summed E-state index contributed by atoms with van der Waals surface area (Å²) in [6, 6.07) is 2.87. The zero-order chi connectivity index (χ0) is 11.2. The Morgan fingerprint density at radius 3 is 3.06 bits per heavy atom. The molecule has 0 aliphatic heterocycles. The lowest BCUT2D eigenvalue weighted by Gasteiger charge is -2.00. The Kier molecular flexibility index (Phi) is 4.36. The summed E-state index contributed by atoms with van der Waals surface area (Å²) in [5.41, 5.74) is 0.994. The fraction of sp³-hybridized carbons (Fsp3) is 0.750. The fourth-order valence-electron chi connectivity index (χ4n) is 1.76. The van der Waals surface area contributed by atoms with E-state index in [0.717, 1.165) is 37.0 Å². The number of aromatic nitrogens is 1. The lowest BCUT2D eigenvalue weighted by Crippen LogP contribution is -2.17. The minimum absolute atomic E-state index is 0.784. The van der Waals surface area contributed by atoms with Crippen LogP contribution in [0, 0.1) is 0 Å². The molecule has 0 aromatic carbocycles. The van der Waals surface area contributed by atoms with Crippen LogP contribution < -0.4 is 10.6 Å². The van der Waals surface area contributed by atoms with Crippen LogP contribution in [0.3, 0.4) is 0 Å². The third-order valence-electron chi connectivity index (χ3n) is 2.83. The molecule has 1 fully saturated rings. The number of hydrogen-bond donors (Lipinski definition) is 2. The molecule has 0 spiro atoms. The van der Waals surface area contributed by atoms with Crippen molar-refractivity contribution in [2.75, 3.05) is 13.6 Å². The number of rotatable bonds is 8. The summed E-state index contributed by atoms with van der Waals surface area (Å²) in [7, 11) is 1.91. The molecule has 90 valence electrons. The van der Waals surface area contributed by atoms with Crippen LogP contribution in [0.1, 0.15) is 37.1 Å². The number of unbranched alkanes of at least 4 members (excludes halogenated alkanes) is 1. The van der Waals surface area contributed by atoms with Gasteiger partial charge in [0, 0.05) is 25.1 Å². The first-order chi connectivity index (χ1) is 7.88. The average Bonchev–Trinajstić information content (AvgIpc) is 2.99. The Labute approximate surface area is 96.8 Å². The van der Waals surface area contributed by atoms with Crippen molar-refractivity contribution in [1.29, 1.82) is 0 Å².